The molecule has 27 heavy (non-hydrogen) atoms. The Bertz CT molecular complexity index is 717. The molecule has 0 saturated carbocycles. The van der Waals surface area contributed by atoms with Gasteiger partial charge in [-0.2, -0.15) is 18.3 Å². The number of aromatic nitrogens is 2. The topological polar surface area (TPSA) is 84.7 Å². The van der Waals surface area contributed by atoms with Crippen LogP contribution in [0.15, 0.2) is 0 Å². The molecular formula is C17H24F3N3O4. The number of ether oxygens (including phenoxy) is 1. The first-order chi connectivity index (χ1) is 12.4. The van der Waals surface area contributed by atoms with Gasteiger partial charge in [-0.3, -0.25) is 14.3 Å². The molecule has 3 atom stereocenters. The molecule has 1 aliphatic rings. The Balaban J connectivity index is 2.27. The Kier molecular flexibility index (Phi) is 6.18. The number of alkyl halides is 3. The van der Waals surface area contributed by atoms with Crippen molar-refractivity contribution in [3.8, 4) is 0 Å². The number of hydrogen-bond donors (Lipinski definition) is 1. The van der Waals surface area contributed by atoms with Crippen molar-refractivity contribution >= 4 is 11.9 Å². The van der Waals surface area contributed by atoms with Gasteiger partial charge >= 0.3 is 12.1 Å². The number of carboxylic acid groups (broad SMARTS) is 1. The number of carbonyl (C=O) groups excluding carboxylic acids is 1. The zero-order valence-corrected chi connectivity index (χ0v) is 15.7. The molecule has 0 spiro atoms. The molecule has 1 amide bonds. The Morgan fingerprint density at radius 2 is 2.00 bits per heavy atom. The summed E-state index contributed by atoms with van der Waals surface area (Å²) in [5.41, 5.74) is 1.08. The normalized spacial score (nSPS) is 21.5. The van der Waals surface area contributed by atoms with Crippen LogP contribution >= 0.6 is 0 Å². The molecule has 1 fully saturated rings. The van der Waals surface area contributed by atoms with E-state index in [1.165, 1.54) is 18.9 Å². The van der Waals surface area contributed by atoms with E-state index in [2.05, 4.69) is 5.10 Å². The molecule has 10 heteroatoms. The van der Waals surface area contributed by atoms with Crippen molar-refractivity contribution in [2.45, 2.75) is 64.4 Å². The Labute approximate surface area is 155 Å². The smallest absolute Gasteiger partial charge is 0.408 e. The molecule has 0 aromatic carbocycles. The van der Waals surface area contributed by atoms with Crippen LogP contribution in [0.5, 0.6) is 0 Å². The average Bonchev–Trinajstić information content (AvgIpc) is 3.05. The highest BCUT2D eigenvalue weighted by Gasteiger charge is 2.39. The van der Waals surface area contributed by atoms with Gasteiger partial charge in [-0.1, -0.05) is 0 Å². The predicted molar refractivity (Wildman–Crippen MR) is 89.3 cm³/mol. The lowest BCUT2D eigenvalue weighted by Crippen LogP contribution is -2.40. The molecule has 2 rings (SSSR count). The molecule has 1 aliphatic heterocycles. The maximum Gasteiger partial charge on any atom is 0.408 e. The Hall–Kier alpha value is -2.10. The number of amides is 1. The molecular weight excluding hydrogens is 367 g/mol. The van der Waals surface area contributed by atoms with Crippen LogP contribution < -0.4 is 0 Å². The minimum atomic E-state index is -4.42. The lowest BCUT2D eigenvalue weighted by Gasteiger charge is -2.26. The van der Waals surface area contributed by atoms with Gasteiger partial charge in [0.05, 0.1) is 24.1 Å². The van der Waals surface area contributed by atoms with E-state index in [4.69, 9.17) is 9.84 Å². The SMILES string of the molecule is COC1CC(CC(=O)O)N(C(=O)C(C)c2c(C)nn(CC(F)(F)F)c2C)C1. The number of rotatable bonds is 6. The van der Waals surface area contributed by atoms with E-state index in [9.17, 15) is 22.8 Å². The molecule has 1 aromatic heterocycles. The van der Waals surface area contributed by atoms with Gasteiger partial charge in [0.2, 0.25) is 5.91 Å². The quantitative estimate of drug-likeness (QED) is 0.804. The molecule has 2 heterocycles. The molecule has 0 aliphatic carbocycles. The highest BCUT2D eigenvalue weighted by molar-refractivity contribution is 5.85. The van der Waals surface area contributed by atoms with Crippen LogP contribution in [0.3, 0.4) is 0 Å². The monoisotopic (exact) mass is 391 g/mol. The van der Waals surface area contributed by atoms with E-state index in [1.54, 1.807) is 13.8 Å². The molecule has 3 unspecified atom stereocenters. The van der Waals surface area contributed by atoms with Crippen LogP contribution in [0, 0.1) is 13.8 Å². The number of methoxy groups -OCH3 is 1. The zero-order chi connectivity index (χ0) is 20.5. The van der Waals surface area contributed by atoms with Crippen LogP contribution in [0.1, 0.15) is 42.6 Å². The highest BCUT2D eigenvalue weighted by atomic mass is 19.4. The summed E-state index contributed by atoms with van der Waals surface area (Å²) in [5.74, 6) is -2.09. The third-order valence-electron chi connectivity index (χ3n) is 4.97. The standard InChI is InChI=1S/C17H24F3N3O4/c1-9(15-10(2)21-23(11(15)3)8-17(18,19)20)16(26)22-7-13(27-4)5-12(22)6-14(24)25/h9,12-13H,5-8H2,1-4H3,(H,24,25). The van der Waals surface area contributed by atoms with Crippen molar-refractivity contribution in [1.29, 1.82) is 0 Å². The number of carboxylic acids is 1. The summed E-state index contributed by atoms with van der Waals surface area (Å²) >= 11 is 0. The van der Waals surface area contributed by atoms with Crippen molar-refractivity contribution in [1.82, 2.24) is 14.7 Å². The van der Waals surface area contributed by atoms with Gasteiger partial charge in [-0.05, 0) is 27.2 Å². The fourth-order valence-electron chi connectivity index (χ4n) is 3.74. The van der Waals surface area contributed by atoms with E-state index in [-0.39, 0.29) is 30.7 Å². The number of nitrogens with zero attached hydrogens (tertiary/aromatic N) is 3. The van der Waals surface area contributed by atoms with E-state index >= 15 is 0 Å². The molecule has 1 N–H and O–H groups in total. The minimum Gasteiger partial charge on any atom is -0.481 e. The van der Waals surface area contributed by atoms with Gasteiger partial charge in [0.15, 0.2) is 0 Å². The number of aliphatic carboxylic acids is 1. The average molecular weight is 391 g/mol. The molecule has 1 aromatic rings. The van der Waals surface area contributed by atoms with Crippen molar-refractivity contribution in [3.63, 3.8) is 0 Å². The first kappa shape index (κ1) is 21.2. The molecule has 152 valence electrons. The fraction of sp³-hybridized carbons (Fsp3) is 0.706. The minimum absolute atomic E-state index is 0.205. The van der Waals surface area contributed by atoms with Crippen molar-refractivity contribution in [2.75, 3.05) is 13.7 Å². The van der Waals surface area contributed by atoms with Crippen LogP contribution in [-0.4, -0.2) is 63.6 Å². The van der Waals surface area contributed by atoms with Crippen molar-refractivity contribution < 1.29 is 32.6 Å². The van der Waals surface area contributed by atoms with Crippen LogP contribution in [0.4, 0.5) is 13.2 Å². The summed E-state index contributed by atoms with van der Waals surface area (Å²) in [7, 11) is 1.50. The molecule has 1 saturated heterocycles. The van der Waals surface area contributed by atoms with E-state index in [0.717, 1.165) is 4.68 Å². The van der Waals surface area contributed by atoms with Gasteiger partial charge in [-0.15, -0.1) is 0 Å². The summed E-state index contributed by atoms with van der Waals surface area (Å²) < 4.78 is 44.3. The van der Waals surface area contributed by atoms with Gasteiger partial charge in [0.25, 0.3) is 0 Å². The first-order valence-corrected chi connectivity index (χ1v) is 8.60. The lowest BCUT2D eigenvalue weighted by atomic mass is 9.97. The lowest BCUT2D eigenvalue weighted by molar-refractivity contribution is -0.143. The summed E-state index contributed by atoms with van der Waals surface area (Å²) in [5, 5.41) is 13.0. The third-order valence-corrected chi connectivity index (χ3v) is 4.97. The predicted octanol–water partition coefficient (Wildman–Crippen LogP) is 2.26. The van der Waals surface area contributed by atoms with Crippen molar-refractivity contribution in [2.24, 2.45) is 0 Å². The second-order valence-electron chi connectivity index (χ2n) is 6.91. The Morgan fingerprint density at radius 3 is 2.52 bits per heavy atom. The number of aryl methyl sites for hydroxylation is 1. The number of hydrogen-bond acceptors (Lipinski definition) is 4. The summed E-state index contributed by atoms with van der Waals surface area (Å²) in [4.78, 5) is 25.6. The molecule has 0 bridgehead atoms. The van der Waals surface area contributed by atoms with E-state index in [0.29, 0.717) is 17.7 Å². The fourth-order valence-corrected chi connectivity index (χ4v) is 3.74. The maximum absolute atomic E-state index is 13.0. The van der Waals surface area contributed by atoms with Gasteiger partial charge in [0.1, 0.15) is 6.54 Å². The second kappa shape index (κ2) is 7.87. The Morgan fingerprint density at radius 1 is 1.37 bits per heavy atom. The summed E-state index contributed by atoms with van der Waals surface area (Å²) in [6.07, 6.45) is -4.47. The molecule has 7 nitrogen and oxygen atoms in total. The van der Waals surface area contributed by atoms with Crippen LogP contribution in [0.25, 0.3) is 0 Å². The van der Waals surface area contributed by atoms with Gasteiger partial charge < -0.3 is 14.7 Å². The first-order valence-electron chi connectivity index (χ1n) is 8.60. The van der Waals surface area contributed by atoms with Crippen molar-refractivity contribution in [3.05, 3.63) is 17.0 Å². The summed E-state index contributed by atoms with van der Waals surface area (Å²) in [6, 6.07) is -0.506. The van der Waals surface area contributed by atoms with E-state index < -0.39 is 30.7 Å². The third kappa shape index (κ3) is 4.79. The largest absolute Gasteiger partial charge is 0.481 e. The second-order valence-corrected chi connectivity index (χ2v) is 6.91. The number of halogens is 3. The van der Waals surface area contributed by atoms with Gasteiger partial charge in [-0.25, -0.2) is 0 Å². The summed E-state index contributed by atoms with van der Waals surface area (Å²) in [6.45, 7) is 3.70. The van der Waals surface area contributed by atoms with Crippen LogP contribution in [0.2, 0.25) is 0 Å². The molecule has 0 radical (unpaired) electrons. The maximum atomic E-state index is 13.0. The number of likely N-dealkylation sites (tertiary alicyclic amines) is 1. The zero-order valence-electron chi connectivity index (χ0n) is 15.7. The highest BCUT2D eigenvalue weighted by Crippen LogP contribution is 2.31. The van der Waals surface area contributed by atoms with Crippen LogP contribution in [-0.2, 0) is 20.9 Å². The van der Waals surface area contributed by atoms with Gasteiger partial charge in [0, 0.05) is 31.0 Å². The van der Waals surface area contributed by atoms with E-state index in [1.807, 2.05) is 0 Å². The number of carbonyl (C=O) groups is 2.